The van der Waals surface area contributed by atoms with Crippen molar-refractivity contribution in [3.63, 3.8) is 0 Å². The van der Waals surface area contributed by atoms with Crippen LogP contribution in [0, 0.1) is 11.3 Å². The summed E-state index contributed by atoms with van der Waals surface area (Å²) in [4.78, 5) is 14.4. The number of nitrogens with zero attached hydrogens (tertiary/aromatic N) is 5. The van der Waals surface area contributed by atoms with Crippen LogP contribution < -0.4 is 4.90 Å². The number of ether oxygens (including phenoxy) is 1. The van der Waals surface area contributed by atoms with Crippen molar-refractivity contribution >= 4 is 17.4 Å². The van der Waals surface area contributed by atoms with Gasteiger partial charge in [0.05, 0.1) is 12.5 Å². The lowest BCUT2D eigenvalue weighted by Gasteiger charge is -2.40. The van der Waals surface area contributed by atoms with Gasteiger partial charge in [-0.1, -0.05) is 0 Å². The Labute approximate surface area is 147 Å². The average molecular weight is 343 g/mol. The first-order chi connectivity index (χ1) is 12.0. The van der Waals surface area contributed by atoms with Crippen LogP contribution in [0.3, 0.4) is 0 Å². The summed E-state index contributed by atoms with van der Waals surface area (Å²) in [5, 5.41) is 13.3. The van der Waals surface area contributed by atoms with E-state index in [1.807, 2.05) is 30.5 Å². The molecule has 1 unspecified atom stereocenters. The van der Waals surface area contributed by atoms with Crippen LogP contribution in [0.1, 0.15) is 51.3 Å². The lowest BCUT2D eigenvalue weighted by Crippen LogP contribution is -2.45. The van der Waals surface area contributed by atoms with Gasteiger partial charge in [0.1, 0.15) is 5.82 Å². The SMILES string of the molecule is COC(=O)C(C)(C)C1CCCN(c2ccc3nnc(C4CC4)n3n2)C1. The Bertz CT molecular complexity index is 796. The molecule has 134 valence electrons. The van der Waals surface area contributed by atoms with Crippen molar-refractivity contribution < 1.29 is 9.53 Å². The molecule has 0 bridgehead atoms. The lowest BCUT2D eigenvalue weighted by atomic mass is 9.74. The minimum Gasteiger partial charge on any atom is -0.469 e. The molecule has 2 aliphatic rings. The predicted molar refractivity (Wildman–Crippen MR) is 93.5 cm³/mol. The highest BCUT2D eigenvalue weighted by atomic mass is 16.5. The first-order valence-corrected chi connectivity index (χ1v) is 9.06. The van der Waals surface area contributed by atoms with Gasteiger partial charge in [-0.3, -0.25) is 4.79 Å². The second-order valence-corrected chi connectivity index (χ2v) is 7.79. The Hall–Kier alpha value is -2.18. The molecule has 4 rings (SSSR count). The average Bonchev–Trinajstić information content (AvgIpc) is 3.39. The Kier molecular flexibility index (Phi) is 3.89. The van der Waals surface area contributed by atoms with Gasteiger partial charge in [-0.15, -0.1) is 15.3 Å². The number of carbonyl (C=O) groups is 1. The third kappa shape index (κ3) is 2.85. The van der Waals surface area contributed by atoms with Crippen LogP contribution >= 0.6 is 0 Å². The topological polar surface area (TPSA) is 72.6 Å². The van der Waals surface area contributed by atoms with Crippen LogP contribution in [0.25, 0.3) is 5.65 Å². The highest BCUT2D eigenvalue weighted by Gasteiger charge is 2.40. The van der Waals surface area contributed by atoms with E-state index in [0.717, 1.165) is 43.2 Å². The van der Waals surface area contributed by atoms with Crippen molar-refractivity contribution in [2.45, 2.75) is 45.4 Å². The van der Waals surface area contributed by atoms with Crippen LogP contribution in [0.15, 0.2) is 12.1 Å². The summed E-state index contributed by atoms with van der Waals surface area (Å²) in [5.74, 6) is 2.51. The minimum absolute atomic E-state index is 0.141. The van der Waals surface area contributed by atoms with Gasteiger partial charge in [-0.25, -0.2) is 0 Å². The standard InChI is InChI=1S/C18H25N5O2/c1-18(2,17(24)25-3)13-5-4-10-22(11-13)15-9-8-14-19-20-16(12-6-7-12)23(14)21-15/h8-9,12-13H,4-7,10-11H2,1-3H3. The van der Waals surface area contributed by atoms with Crippen LogP contribution in [0.2, 0.25) is 0 Å². The molecule has 3 heterocycles. The molecular weight excluding hydrogens is 318 g/mol. The first kappa shape index (κ1) is 16.3. The van der Waals surface area contributed by atoms with Crippen LogP contribution in [0.4, 0.5) is 5.82 Å². The molecule has 0 aromatic carbocycles. The number of esters is 1. The van der Waals surface area contributed by atoms with Gasteiger partial charge < -0.3 is 9.64 Å². The third-order valence-electron chi connectivity index (χ3n) is 5.69. The fourth-order valence-corrected chi connectivity index (χ4v) is 3.76. The largest absolute Gasteiger partial charge is 0.469 e. The van der Waals surface area contributed by atoms with E-state index in [4.69, 9.17) is 9.84 Å². The molecule has 25 heavy (non-hydrogen) atoms. The van der Waals surface area contributed by atoms with E-state index in [2.05, 4.69) is 15.1 Å². The molecule has 1 saturated heterocycles. The van der Waals surface area contributed by atoms with Crippen molar-refractivity contribution in [3.8, 4) is 0 Å². The Morgan fingerprint density at radius 3 is 2.76 bits per heavy atom. The third-order valence-corrected chi connectivity index (χ3v) is 5.69. The second kappa shape index (κ2) is 5.97. The smallest absolute Gasteiger partial charge is 0.311 e. The molecule has 7 heteroatoms. The number of hydrogen-bond acceptors (Lipinski definition) is 6. The van der Waals surface area contributed by atoms with Crippen LogP contribution in [-0.2, 0) is 9.53 Å². The van der Waals surface area contributed by atoms with E-state index in [-0.39, 0.29) is 11.9 Å². The first-order valence-electron chi connectivity index (χ1n) is 9.06. The maximum atomic E-state index is 12.2. The summed E-state index contributed by atoms with van der Waals surface area (Å²) in [6.45, 7) is 5.72. The fourth-order valence-electron chi connectivity index (χ4n) is 3.76. The van der Waals surface area contributed by atoms with Gasteiger partial charge in [0.15, 0.2) is 11.5 Å². The molecular formula is C18H25N5O2. The Balaban J connectivity index is 1.60. The lowest BCUT2D eigenvalue weighted by molar-refractivity contribution is -0.154. The number of carbonyl (C=O) groups excluding carboxylic acids is 1. The van der Waals surface area contributed by atoms with Gasteiger partial charge in [0.25, 0.3) is 0 Å². The quantitative estimate of drug-likeness (QED) is 0.794. The molecule has 1 aliphatic carbocycles. The van der Waals surface area contributed by atoms with Crippen molar-refractivity contribution in [2.24, 2.45) is 11.3 Å². The number of rotatable bonds is 4. The van der Waals surface area contributed by atoms with E-state index in [9.17, 15) is 4.79 Å². The fraction of sp³-hybridized carbons (Fsp3) is 0.667. The summed E-state index contributed by atoms with van der Waals surface area (Å²) in [7, 11) is 1.46. The molecule has 0 radical (unpaired) electrons. The summed E-state index contributed by atoms with van der Waals surface area (Å²) in [5.41, 5.74) is 0.307. The van der Waals surface area contributed by atoms with E-state index < -0.39 is 5.41 Å². The molecule has 2 aromatic rings. The van der Waals surface area contributed by atoms with E-state index >= 15 is 0 Å². The summed E-state index contributed by atoms with van der Waals surface area (Å²) in [6.07, 6.45) is 4.42. The van der Waals surface area contributed by atoms with Crippen molar-refractivity contribution in [1.29, 1.82) is 0 Å². The maximum Gasteiger partial charge on any atom is 0.311 e. The monoisotopic (exact) mass is 343 g/mol. The van der Waals surface area contributed by atoms with E-state index in [1.165, 1.54) is 20.0 Å². The molecule has 0 N–H and O–H groups in total. The van der Waals surface area contributed by atoms with E-state index in [0.29, 0.717) is 5.92 Å². The number of piperidine rings is 1. The summed E-state index contributed by atoms with van der Waals surface area (Å²) >= 11 is 0. The summed E-state index contributed by atoms with van der Waals surface area (Å²) < 4.78 is 6.90. The Morgan fingerprint density at radius 2 is 2.04 bits per heavy atom. The molecule has 0 spiro atoms. The normalized spacial score (nSPS) is 21.6. The zero-order chi connectivity index (χ0) is 17.6. The van der Waals surface area contributed by atoms with Gasteiger partial charge in [0, 0.05) is 19.0 Å². The molecule has 7 nitrogen and oxygen atoms in total. The second-order valence-electron chi connectivity index (χ2n) is 7.79. The molecule has 2 aromatic heterocycles. The van der Waals surface area contributed by atoms with E-state index in [1.54, 1.807) is 0 Å². The number of fused-ring (bicyclic) bond motifs is 1. The number of methoxy groups -OCH3 is 1. The minimum atomic E-state index is -0.493. The Morgan fingerprint density at radius 1 is 1.24 bits per heavy atom. The highest BCUT2D eigenvalue weighted by Crippen LogP contribution is 2.39. The van der Waals surface area contributed by atoms with Crippen molar-refractivity contribution in [2.75, 3.05) is 25.1 Å². The molecule has 1 saturated carbocycles. The van der Waals surface area contributed by atoms with Gasteiger partial charge in [-0.05, 0) is 57.6 Å². The highest BCUT2D eigenvalue weighted by molar-refractivity contribution is 5.76. The number of hydrogen-bond donors (Lipinski definition) is 0. The van der Waals surface area contributed by atoms with Crippen molar-refractivity contribution in [3.05, 3.63) is 18.0 Å². The summed E-state index contributed by atoms with van der Waals surface area (Å²) in [6, 6.07) is 3.99. The van der Waals surface area contributed by atoms with Crippen molar-refractivity contribution in [1.82, 2.24) is 19.8 Å². The molecule has 1 aliphatic heterocycles. The molecule has 1 atom stereocenters. The number of aromatic nitrogens is 4. The van der Waals surface area contributed by atoms with Gasteiger partial charge >= 0.3 is 5.97 Å². The number of anilines is 1. The zero-order valence-corrected chi connectivity index (χ0v) is 15.1. The van der Waals surface area contributed by atoms with Crippen LogP contribution in [-0.4, -0.2) is 46.0 Å². The predicted octanol–water partition coefficient (Wildman–Crippen LogP) is 2.42. The zero-order valence-electron chi connectivity index (χ0n) is 15.1. The van der Waals surface area contributed by atoms with Crippen LogP contribution in [0.5, 0.6) is 0 Å². The molecule has 2 fully saturated rings. The molecule has 0 amide bonds. The van der Waals surface area contributed by atoms with Gasteiger partial charge in [-0.2, -0.15) is 4.52 Å². The van der Waals surface area contributed by atoms with Gasteiger partial charge in [0.2, 0.25) is 0 Å². The maximum absolute atomic E-state index is 12.2.